The molecule has 0 aromatic heterocycles. The van der Waals surface area contributed by atoms with E-state index < -0.39 is 37.9 Å². The topological polar surface area (TPSA) is 169 Å². The van der Waals surface area contributed by atoms with E-state index >= 15 is 0 Å². The number of aliphatic hydroxyl groups excluding tert-OH is 1. The summed E-state index contributed by atoms with van der Waals surface area (Å²) in [6, 6.07) is 10.5. The van der Waals surface area contributed by atoms with Crippen LogP contribution in [-0.2, 0) is 20.4 Å². The van der Waals surface area contributed by atoms with Crippen molar-refractivity contribution in [2.75, 3.05) is 16.3 Å². The fraction of sp³-hybridized carbons (Fsp3) is 0.304. The van der Waals surface area contributed by atoms with E-state index in [-0.39, 0.29) is 51.1 Å². The van der Waals surface area contributed by atoms with Crippen molar-refractivity contribution in [1.82, 2.24) is 0 Å². The average Bonchev–Trinajstić information content (AvgIpc) is 2.76. The standard InChI is InChI=1S/C23H27N3O7S2/c1-13(2)10-11-23(29)16-7-5-4-6-15(16)20(27)19(21(23)28)22-24-17-9-8-14(25-34(3,30)31)12-18(17)35(32,33)26-22/h4-9,12-13,25,27,29,32-33H,10-11H2,1-3H3,(H,24,26)/t23-/m0/s1. The molecule has 0 bridgehead atoms. The highest BCUT2D eigenvalue weighted by Gasteiger charge is 2.48. The Labute approximate surface area is 205 Å². The number of amidine groups is 1. The number of carbonyl (C=O) groups is 1. The van der Waals surface area contributed by atoms with Gasteiger partial charge in [-0.15, -0.1) is 4.40 Å². The third-order valence-electron chi connectivity index (χ3n) is 5.84. The van der Waals surface area contributed by atoms with Crippen LogP contribution in [0.15, 0.2) is 57.3 Å². The molecule has 2 aromatic carbocycles. The molecule has 0 amide bonds. The number of nitrogens with one attached hydrogen (secondary N) is 2. The van der Waals surface area contributed by atoms with Crippen LogP contribution in [0, 0.1) is 5.92 Å². The van der Waals surface area contributed by atoms with Gasteiger partial charge in [-0.3, -0.25) is 18.6 Å². The number of hydrogen-bond acceptors (Lipinski definition) is 9. The lowest BCUT2D eigenvalue weighted by atomic mass is 9.74. The van der Waals surface area contributed by atoms with Crippen molar-refractivity contribution in [2.24, 2.45) is 10.3 Å². The minimum Gasteiger partial charge on any atom is -0.506 e. The molecule has 1 heterocycles. The van der Waals surface area contributed by atoms with Crippen LogP contribution >= 0.6 is 10.8 Å². The van der Waals surface area contributed by atoms with E-state index in [4.69, 9.17) is 0 Å². The number of hydrogen-bond donors (Lipinski definition) is 6. The van der Waals surface area contributed by atoms with Crippen LogP contribution in [0.1, 0.15) is 37.8 Å². The van der Waals surface area contributed by atoms with Crippen LogP contribution in [0.2, 0.25) is 0 Å². The summed E-state index contributed by atoms with van der Waals surface area (Å²) in [6.45, 7) is 3.92. The summed E-state index contributed by atoms with van der Waals surface area (Å²) >= 11 is 0. The van der Waals surface area contributed by atoms with Crippen molar-refractivity contribution in [3.63, 3.8) is 0 Å². The smallest absolute Gasteiger partial charge is 0.229 e. The van der Waals surface area contributed by atoms with Crippen LogP contribution < -0.4 is 10.0 Å². The van der Waals surface area contributed by atoms with Crippen molar-refractivity contribution in [2.45, 2.75) is 37.2 Å². The molecule has 12 heteroatoms. The summed E-state index contributed by atoms with van der Waals surface area (Å²) in [6.07, 6.45) is 1.58. The van der Waals surface area contributed by atoms with Crippen molar-refractivity contribution in [1.29, 1.82) is 0 Å². The number of nitrogens with zero attached hydrogens (tertiary/aromatic N) is 1. The molecule has 0 radical (unpaired) electrons. The molecule has 6 N–H and O–H groups in total. The molecule has 0 saturated carbocycles. The zero-order valence-corrected chi connectivity index (χ0v) is 20.9. The van der Waals surface area contributed by atoms with Crippen LogP contribution in [-0.4, -0.2) is 45.6 Å². The number of anilines is 2. The zero-order valence-electron chi connectivity index (χ0n) is 19.3. The summed E-state index contributed by atoms with van der Waals surface area (Å²) in [5, 5.41) is 25.4. The molecule has 188 valence electrons. The Morgan fingerprint density at radius 3 is 2.51 bits per heavy atom. The van der Waals surface area contributed by atoms with Gasteiger partial charge in [-0.2, -0.15) is 0 Å². The van der Waals surface area contributed by atoms with Gasteiger partial charge < -0.3 is 15.5 Å². The fourth-order valence-corrected chi connectivity index (χ4v) is 5.90. The van der Waals surface area contributed by atoms with E-state index in [1.807, 2.05) is 13.8 Å². The normalized spacial score (nSPS) is 22.1. The van der Waals surface area contributed by atoms with Crippen LogP contribution in [0.25, 0.3) is 5.76 Å². The number of rotatable bonds is 6. The largest absolute Gasteiger partial charge is 0.506 e. The van der Waals surface area contributed by atoms with E-state index in [1.165, 1.54) is 18.2 Å². The average molecular weight is 522 g/mol. The second kappa shape index (κ2) is 8.64. The predicted molar refractivity (Wildman–Crippen MR) is 136 cm³/mol. The number of aliphatic hydroxyl groups is 2. The molecular weight excluding hydrogens is 494 g/mol. The molecule has 0 fully saturated rings. The van der Waals surface area contributed by atoms with Gasteiger partial charge in [0.15, 0.2) is 11.4 Å². The van der Waals surface area contributed by atoms with E-state index in [2.05, 4.69) is 14.4 Å². The summed E-state index contributed by atoms with van der Waals surface area (Å²) in [5.41, 5.74) is -1.54. The van der Waals surface area contributed by atoms with Gasteiger partial charge in [-0.25, -0.2) is 8.42 Å². The molecule has 1 atom stereocenters. The quantitative estimate of drug-likeness (QED) is 0.330. The van der Waals surface area contributed by atoms with Gasteiger partial charge in [0.05, 0.1) is 17.6 Å². The first-order chi connectivity index (χ1) is 16.2. The van der Waals surface area contributed by atoms with Gasteiger partial charge >= 0.3 is 0 Å². The summed E-state index contributed by atoms with van der Waals surface area (Å²) in [5.74, 6) is -1.36. The first-order valence-corrected chi connectivity index (χ1v) is 14.2. The minimum atomic E-state index is -3.89. The molecule has 2 aromatic rings. The Morgan fingerprint density at radius 2 is 1.86 bits per heavy atom. The van der Waals surface area contributed by atoms with Crippen molar-refractivity contribution in [3.05, 3.63) is 59.2 Å². The minimum absolute atomic E-state index is 0.0892. The number of carbonyl (C=O) groups excluding carboxylic acids is 1. The van der Waals surface area contributed by atoms with Crippen molar-refractivity contribution < 1.29 is 32.5 Å². The molecule has 4 rings (SSSR count). The summed E-state index contributed by atoms with van der Waals surface area (Å²) in [7, 11) is -7.50. The maximum atomic E-state index is 13.6. The van der Waals surface area contributed by atoms with Crippen LogP contribution in [0.4, 0.5) is 11.4 Å². The van der Waals surface area contributed by atoms with Crippen LogP contribution in [0.3, 0.4) is 0 Å². The highest BCUT2D eigenvalue weighted by Crippen LogP contribution is 2.57. The van der Waals surface area contributed by atoms with E-state index in [1.54, 1.807) is 24.3 Å². The molecular formula is C23H27N3O7S2. The molecule has 0 saturated heterocycles. The SMILES string of the molecule is CC(C)CC[C@@]1(O)C(=O)C(C2=NS(O)(O)c3cc(NS(C)(=O)=O)ccc3N2)=C(O)c2ccccc21. The summed E-state index contributed by atoms with van der Waals surface area (Å²) in [4.78, 5) is 13.6. The van der Waals surface area contributed by atoms with Gasteiger partial charge in [0.1, 0.15) is 16.2 Å². The maximum Gasteiger partial charge on any atom is 0.229 e. The number of Topliss-reactive ketones (excluding diaryl/α,β-unsaturated/α-hetero) is 1. The predicted octanol–water partition coefficient (Wildman–Crippen LogP) is 4.08. The third-order valence-corrected chi connectivity index (χ3v) is 7.81. The first-order valence-electron chi connectivity index (χ1n) is 10.8. The van der Waals surface area contributed by atoms with E-state index in [0.29, 0.717) is 6.42 Å². The second-order valence-electron chi connectivity index (χ2n) is 9.06. The summed E-state index contributed by atoms with van der Waals surface area (Å²) < 4.78 is 50.8. The molecule has 2 aliphatic rings. The molecule has 0 spiro atoms. The second-order valence-corrected chi connectivity index (χ2v) is 12.5. The van der Waals surface area contributed by atoms with Gasteiger partial charge in [0, 0.05) is 11.1 Å². The Balaban J connectivity index is 1.82. The lowest BCUT2D eigenvalue weighted by molar-refractivity contribution is -0.135. The Bertz CT molecular complexity index is 1380. The molecule has 0 unspecified atom stereocenters. The number of sulfonamides is 1. The van der Waals surface area contributed by atoms with Crippen molar-refractivity contribution >= 4 is 49.6 Å². The zero-order chi connectivity index (χ0) is 25.8. The van der Waals surface area contributed by atoms with Gasteiger partial charge in [-0.1, -0.05) is 48.9 Å². The van der Waals surface area contributed by atoms with Crippen molar-refractivity contribution in [3.8, 4) is 0 Å². The van der Waals surface area contributed by atoms with E-state index in [9.17, 15) is 32.5 Å². The maximum absolute atomic E-state index is 13.6. The fourth-order valence-electron chi connectivity index (χ4n) is 4.15. The van der Waals surface area contributed by atoms with Gasteiger partial charge in [0.25, 0.3) is 0 Å². The Morgan fingerprint density at radius 1 is 1.17 bits per heavy atom. The Kier molecular flexibility index (Phi) is 6.22. The monoisotopic (exact) mass is 521 g/mol. The highest BCUT2D eigenvalue weighted by molar-refractivity contribution is 8.23. The number of benzene rings is 2. The van der Waals surface area contributed by atoms with E-state index in [0.717, 1.165) is 6.26 Å². The Hall–Kier alpha value is -2.90. The van der Waals surface area contributed by atoms with Gasteiger partial charge in [-0.05, 0) is 37.0 Å². The van der Waals surface area contributed by atoms with Crippen LogP contribution in [0.5, 0.6) is 0 Å². The number of ketones is 1. The molecule has 1 aliphatic heterocycles. The first kappa shape index (κ1) is 25.2. The third kappa shape index (κ3) is 4.67. The highest BCUT2D eigenvalue weighted by atomic mass is 32.3. The van der Waals surface area contributed by atoms with Gasteiger partial charge in [0.2, 0.25) is 15.8 Å². The molecule has 35 heavy (non-hydrogen) atoms. The molecule has 10 nitrogen and oxygen atoms in total. The lowest BCUT2D eigenvalue weighted by Crippen LogP contribution is -2.44. The lowest BCUT2D eigenvalue weighted by Gasteiger charge is -2.38. The molecule has 1 aliphatic carbocycles. The number of fused-ring (bicyclic) bond motifs is 2.